The first-order valence-electron chi connectivity index (χ1n) is 13.2. The lowest BCUT2D eigenvalue weighted by atomic mass is 9.86. The molecule has 6 rings (SSSR count). The average Bonchev–Trinajstić information content (AvgIpc) is 3.00. The maximum atomic E-state index is 13.6. The molecule has 3 heterocycles. The number of nitriles is 1. The van der Waals surface area contributed by atoms with Gasteiger partial charge in [0, 0.05) is 37.2 Å². The van der Waals surface area contributed by atoms with Crippen molar-refractivity contribution >= 4 is 10.0 Å². The van der Waals surface area contributed by atoms with E-state index in [-0.39, 0.29) is 17.5 Å². The van der Waals surface area contributed by atoms with Crippen molar-refractivity contribution in [3.8, 4) is 23.1 Å². The summed E-state index contributed by atoms with van der Waals surface area (Å²) in [7, 11) is -2.09. The number of nitrogens with zero attached hydrogens (tertiary/aromatic N) is 3. The third-order valence-corrected chi connectivity index (χ3v) is 9.70. The van der Waals surface area contributed by atoms with Crippen LogP contribution < -0.4 is 4.74 Å². The Hall–Kier alpha value is -4.03. The van der Waals surface area contributed by atoms with Crippen molar-refractivity contribution in [3.05, 3.63) is 112 Å². The van der Waals surface area contributed by atoms with E-state index in [1.165, 1.54) is 28.6 Å². The first kappa shape index (κ1) is 26.2. The topological polar surface area (TPSA) is 92.5 Å². The Labute approximate surface area is 234 Å². The van der Waals surface area contributed by atoms with E-state index >= 15 is 0 Å². The number of rotatable bonds is 5. The van der Waals surface area contributed by atoms with Crippen LogP contribution >= 0.6 is 0 Å². The van der Waals surface area contributed by atoms with Crippen LogP contribution in [0, 0.1) is 18.3 Å². The second kappa shape index (κ2) is 10.5. The summed E-state index contributed by atoms with van der Waals surface area (Å²) in [5.41, 5.74) is 8.55. The predicted molar refractivity (Wildman–Crippen MR) is 151 cm³/mol. The molecule has 0 bridgehead atoms. The summed E-state index contributed by atoms with van der Waals surface area (Å²) < 4.78 is 40.5. The second-order valence-corrected chi connectivity index (χ2v) is 12.1. The highest BCUT2D eigenvalue weighted by Crippen LogP contribution is 2.41. The second-order valence-electron chi connectivity index (χ2n) is 10.2. The van der Waals surface area contributed by atoms with E-state index in [1.54, 1.807) is 7.11 Å². The summed E-state index contributed by atoms with van der Waals surface area (Å²) in [4.78, 5) is 5.38. The number of pyridine rings is 1. The maximum absolute atomic E-state index is 13.6. The molecule has 1 aromatic heterocycles. The molecule has 40 heavy (non-hydrogen) atoms. The minimum atomic E-state index is -3.75. The molecule has 1 atom stereocenters. The highest BCUT2D eigenvalue weighted by molar-refractivity contribution is 7.89. The third kappa shape index (κ3) is 4.66. The lowest BCUT2D eigenvalue weighted by molar-refractivity contribution is 0.0265. The molecule has 3 aromatic carbocycles. The van der Waals surface area contributed by atoms with E-state index in [1.807, 2.05) is 36.4 Å². The molecule has 0 saturated heterocycles. The van der Waals surface area contributed by atoms with Gasteiger partial charge in [-0.2, -0.15) is 9.57 Å². The fourth-order valence-electron chi connectivity index (χ4n) is 5.66. The Bertz CT molecular complexity index is 1730. The summed E-state index contributed by atoms with van der Waals surface area (Å²) in [6, 6.07) is 24.3. The predicted octanol–water partition coefficient (Wildman–Crippen LogP) is 5.50. The summed E-state index contributed by atoms with van der Waals surface area (Å²) in [5.74, 6) is 0.794. The lowest BCUT2D eigenvalue weighted by Gasteiger charge is -2.34. The molecule has 0 saturated carbocycles. The van der Waals surface area contributed by atoms with Crippen molar-refractivity contribution < 1.29 is 17.9 Å². The van der Waals surface area contributed by atoms with Gasteiger partial charge in [-0.3, -0.25) is 4.98 Å². The van der Waals surface area contributed by atoms with Crippen LogP contribution in [0.4, 0.5) is 0 Å². The number of sulfonamides is 1. The summed E-state index contributed by atoms with van der Waals surface area (Å²) in [5, 5.41) is 9.11. The molecule has 0 radical (unpaired) electrons. The van der Waals surface area contributed by atoms with Gasteiger partial charge in [0.1, 0.15) is 5.75 Å². The minimum Gasteiger partial charge on any atom is -0.497 e. The molecule has 2 aliphatic rings. The zero-order valence-electron chi connectivity index (χ0n) is 22.4. The Morgan fingerprint density at radius 1 is 1.02 bits per heavy atom. The molecule has 8 heteroatoms. The van der Waals surface area contributed by atoms with Gasteiger partial charge in [0.2, 0.25) is 10.0 Å². The molecule has 0 N–H and O–H groups in total. The number of ether oxygens (including phenoxy) is 2. The Morgan fingerprint density at radius 2 is 1.80 bits per heavy atom. The number of hydrogen-bond donors (Lipinski definition) is 0. The molecule has 7 nitrogen and oxygen atoms in total. The number of aryl methyl sites for hydroxylation is 1. The quantitative estimate of drug-likeness (QED) is 0.325. The zero-order valence-corrected chi connectivity index (χ0v) is 23.2. The summed E-state index contributed by atoms with van der Waals surface area (Å²) in [6.07, 6.45) is 1.03. The highest BCUT2D eigenvalue weighted by Gasteiger charge is 2.34. The van der Waals surface area contributed by atoms with Crippen molar-refractivity contribution in [1.29, 1.82) is 5.26 Å². The maximum Gasteiger partial charge on any atom is 0.243 e. The van der Waals surface area contributed by atoms with Gasteiger partial charge in [-0.25, -0.2) is 8.42 Å². The van der Waals surface area contributed by atoms with Gasteiger partial charge >= 0.3 is 0 Å². The minimum absolute atomic E-state index is 0.118. The average molecular weight is 552 g/mol. The third-order valence-electron chi connectivity index (χ3n) is 7.84. The van der Waals surface area contributed by atoms with Crippen molar-refractivity contribution in [1.82, 2.24) is 9.29 Å². The highest BCUT2D eigenvalue weighted by atomic mass is 32.2. The van der Waals surface area contributed by atoms with Gasteiger partial charge in [-0.05, 0) is 77.2 Å². The fourth-order valence-corrected chi connectivity index (χ4v) is 7.07. The van der Waals surface area contributed by atoms with Crippen LogP contribution in [0.5, 0.6) is 5.75 Å². The molecule has 4 aromatic rings. The smallest absolute Gasteiger partial charge is 0.243 e. The Kier molecular flexibility index (Phi) is 6.88. The first-order chi connectivity index (χ1) is 19.4. The SMILES string of the molecule is COc1ccc(-c2nc3c(c4c2C[C@H](c2ccccc2)OC4)CN(S(=O)(=O)c2ccc(C#N)cc2)CC3)c(C)c1. The van der Waals surface area contributed by atoms with Crippen LogP contribution in [0.1, 0.15) is 45.2 Å². The normalized spacial score (nSPS) is 17.0. The van der Waals surface area contributed by atoms with Crippen molar-refractivity contribution in [2.24, 2.45) is 0 Å². The number of fused-ring (bicyclic) bond motifs is 3. The van der Waals surface area contributed by atoms with Gasteiger partial charge < -0.3 is 9.47 Å². The van der Waals surface area contributed by atoms with Crippen LogP contribution in [0.25, 0.3) is 11.3 Å². The van der Waals surface area contributed by atoms with Crippen molar-refractivity contribution in [2.75, 3.05) is 13.7 Å². The van der Waals surface area contributed by atoms with Crippen LogP contribution in [0.2, 0.25) is 0 Å². The number of methoxy groups -OCH3 is 1. The van der Waals surface area contributed by atoms with E-state index in [4.69, 9.17) is 19.7 Å². The molecule has 0 spiro atoms. The number of benzene rings is 3. The monoisotopic (exact) mass is 551 g/mol. The molecule has 202 valence electrons. The Balaban J connectivity index is 1.44. The van der Waals surface area contributed by atoms with Gasteiger partial charge in [0.25, 0.3) is 0 Å². The standard InChI is InChI=1S/C32H29N3O4S/c1-21-16-24(38-2)10-13-26(21)32-27-17-31(23-6-4-3-5-7-23)39-20-29(27)28-19-35(15-14-30(28)34-32)40(36,37)25-11-8-22(18-33)9-12-25/h3-13,16,31H,14-15,17,19-20H2,1-2H3/t31-/m1/s1. The lowest BCUT2D eigenvalue weighted by Crippen LogP contribution is -2.37. The van der Waals surface area contributed by atoms with E-state index in [0.29, 0.717) is 31.6 Å². The molecular weight excluding hydrogens is 522 g/mol. The summed E-state index contributed by atoms with van der Waals surface area (Å²) >= 11 is 0. The van der Waals surface area contributed by atoms with Crippen LogP contribution in [-0.4, -0.2) is 31.4 Å². The summed E-state index contributed by atoms with van der Waals surface area (Å²) in [6.45, 7) is 3.00. The van der Waals surface area contributed by atoms with E-state index in [0.717, 1.165) is 50.5 Å². The van der Waals surface area contributed by atoms with Crippen molar-refractivity contribution in [2.45, 2.75) is 43.9 Å². The zero-order chi connectivity index (χ0) is 27.9. The van der Waals surface area contributed by atoms with Crippen LogP contribution in [0.3, 0.4) is 0 Å². The molecule has 0 unspecified atom stereocenters. The van der Waals surface area contributed by atoms with Crippen LogP contribution in [-0.2, 0) is 40.8 Å². The molecule has 2 aliphatic heterocycles. The van der Waals surface area contributed by atoms with Crippen molar-refractivity contribution in [3.63, 3.8) is 0 Å². The molecular formula is C32H29N3O4S. The van der Waals surface area contributed by atoms with E-state index < -0.39 is 10.0 Å². The number of aromatic nitrogens is 1. The molecule has 0 fully saturated rings. The Morgan fingerprint density at radius 3 is 2.50 bits per heavy atom. The molecule has 0 aliphatic carbocycles. The van der Waals surface area contributed by atoms with Gasteiger partial charge in [-0.15, -0.1) is 0 Å². The number of hydrogen-bond acceptors (Lipinski definition) is 6. The largest absolute Gasteiger partial charge is 0.497 e. The van der Waals surface area contributed by atoms with E-state index in [2.05, 4.69) is 25.1 Å². The first-order valence-corrected chi connectivity index (χ1v) is 14.7. The fraction of sp³-hybridized carbons (Fsp3) is 0.250. The van der Waals surface area contributed by atoms with E-state index in [9.17, 15) is 8.42 Å². The van der Waals surface area contributed by atoms with Gasteiger partial charge in [-0.1, -0.05) is 30.3 Å². The van der Waals surface area contributed by atoms with Crippen LogP contribution in [0.15, 0.2) is 77.7 Å². The van der Waals surface area contributed by atoms with Gasteiger partial charge in [0.05, 0.1) is 42.0 Å². The van der Waals surface area contributed by atoms with Gasteiger partial charge in [0.15, 0.2) is 0 Å². The molecule has 0 amide bonds.